The molecule has 0 radical (unpaired) electrons. The predicted molar refractivity (Wildman–Crippen MR) is 71.5 cm³/mol. The van der Waals surface area contributed by atoms with Crippen LogP contribution in [0.3, 0.4) is 0 Å². The highest BCUT2D eigenvalue weighted by molar-refractivity contribution is 6.35. The molecular weight excluding hydrogens is 293 g/mol. The third-order valence-corrected chi connectivity index (χ3v) is 3.08. The summed E-state index contributed by atoms with van der Waals surface area (Å²) in [5, 5.41) is 0.879. The summed E-state index contributed by atoms with van der Waals surface area (Å²) in [5.41, 5.74) is 0.963. The molecule has 2 nitrogen and oxygen atoms in total. The van der Waals surface area contributed by atoms with E-state index < -0.39 is 11.6 Å². The molecule has 3 aromatic rings. The van der Waals surface area contributed by atoms with Crippen LogP contribution in [-0.2, 0) is 0 Å². The SMILES string of the molecule is Fc1cc(F)c2nc(-c3cc(Cl)cc(Cl)c3)[nH]c2c1. The lowest BCUT2D eigenvalue weighted by Gasteiger charge is -1.98. The molecule has 0 saturated heterocycles. The van der Waals surface area contributed by atoms with Crippen LogP contribution in [0, 0.1) is 11.6 Å². The lowest BCUT2D eigenvalue weighted by atomic mass is 10.2. The van der Waals surface area contributed by atoms with Gasteiger partial charge in [-0.1, -0.05) is 23.2 Å². The number of benzene rings is 2. The highest BCUT2D eigenvalue weighted by atomic mass is 35.5. The lowest BCUT2D eigenvalue weighted by Crippen LogP contribution is -1.81. The Hall–Kier alpha value is -1.65. The Morgan fingerprint density at radius 3 is 2.32 bits per heavy atom. The first-order valence-electron chi connectivity index (χ1n) is 5.34. The molecule has 0 aliphatic heterocycles. The summed E-state index contributed by atoms with van der Waals surface area (Å²) in [5.74, 6) is -1.00. The number of nitrogens with zero attached hydrogens (tertiary/aromatic N) is 1. The second kappa shape index (κ2) is 4.47. The van der Waals surface area contributed by atoms with E-state index in [1.54, 1.807) is 18.2 Å². The Morgan fingerprint density at radius 2 is 1.63 bits per heavy atom. The summed E-state index contributed by atoms with van der Waals surface area (Å²) in [6.07, 6.45) is 0. The third-order valence-electron chi connectivity index (χ3n) is 2.64. The Morgan fingerprint density at radius 1 is 0.947 bits per heavy atom. The number of rotatable bonds is 1. The van der Waals surface area contributed by atoms with Gasteiger partial charge in [0.05, 0.1) is 5.52 Å². The van der Waals surface area contributed by atoms with Crippen molar-refractivity contribution in [2.24, 2.45) is 0 Å². The van der Waals surface area contributed by atoms with Gasteiger partial charge < -0.3 is 4.98 Å². The first-order valence-corrected chi connectivity index (χ1v) is 6.10. The minimum atomic E-state index is -0.717. The first kappa shape index (κ1) is 12.4. The summed E-state index contributed by atoms with van der Waals surface area (Å²) in [4.78, 5) is 6.93. The molecule has 19 heavy (non-hydrogen) atoms. The fraction of sp³-hybridized carbons (Fsp3) is 0. The topological polar surface area (TPSA) is 28.7 Å². The third kappa shape index (κ3) is 2.29. The highest BCUT2D eigenvalue weighted by Crippen LogP contribution is 2.28. The van der Waals surface area contributed by atoms with E-state index >= 15 is 0 Å². The van der Waals surface area contributed by atoms with Gasteiger partial charge in [-0.05, 0) is 24.3 Å². The molecule has 0 saturated carbocycles. The molecule has 1 aromatic heterocycles. The quantitative estimate of drug-likeness (QED) is 0.686. The van der Waals surface area contributed by atoms with E-state index in [1.807, 2.05) is 0 Å². The van der Waals surface area contributed by atoms with Crippen LogP contribution in [-0.4, -0.2) is 9.97 Å². The van der Waals surface area contributed by atoms with Gasteiger partial charge in [0.1, 0.15) is 17.2 Å². The zero-order valence-electron chi connectivity index (χ0n) is 9.35. The second-order valence-corrected chi connectivity index (χ2v) is 4.90. The van der Waals surface area contributed by atoms with Crippen molar-refractivity contribution < 1.29 is 8.78 Å². The van der Waals surface area contributed by atoms with Crippen molar-refractivity contribution in [3.05, 3.63) is 52.0 Å². The molecule has 1 N–H and O–H groups in total. The molecule has 0 atom stereocenters. The number of hydrogen-bond donors (Lipinski definition) is 1. The molecule has 0 fully saturated rings. The van der Waals surface area contributed by atoms with E-state index in [0.717, 1.165) is 6.07 Å². The van der Waals surface area contributed by atoms with Crippen LogP contribution in [0.1, 0.15) is 0 Å². The summed E-state index contributed by atoms with van der Waals surface area (Å²) >= 11 is 11.8. The van der Waals surface area contributed by atoms with Gasteiger partial charge >= 0.3 is 0 Å². The van der Waals surface area contributed by atoms with Gasteiger partial charge in [-0.25, -0.2) is 13.8 Å². The van der Waals surface area contributed by atoms with Crippen LogP contribution < -0.4 is 0 Å². The van der Waals surface area contributed by atoms with Crippen molar-refractivity contribution in [2.45, 2.75) is 0 Å². The number of H-pyrrole nitrogens is 1. The Bertz CT molecular complexity index is 763. The van der Waals surface area contributed by atoms with Gasteiger partial charge in [-0.15, -0.1) is 0 Å². The van der Waals surface area contributed by atoms with Gasteiger partial charge in [0.25, 0.3) is 0 Å². The highest BCUT2D eigenvalue weighted by Gasteiger charge is 2.11. The van der Waals surface area contributed by atoms with Crippen LogP contribution in [0.5, 0.6) is 0 Å². The van der Waals surface area contributed by atoms with Crippen LogP contribution in [0.2, 0.25) is 10.0 Å². The Kier molecular flexibility index (Phi) is 2.92. The lowest BCUT2D eigenvalue weighted by molar-refractivity contribution is 0.591. The number of hydrogen-bond acceptors (Lipinski definition) is 1. The van der Waals surface area contributed by atoms with Gasteiger partial charge in [0.2, 0.25) is 0 Å². The van der Waals surface area contributed by atoms with Crippen molar-refractivity contribution >= 4 is 34.2 Å². The second-order valence-electron chi connectivity index (χ2n) is 4.03. The molecule has 0 bridgehead atoms. The van der Waals surface area contributed by atoms with Crippen LogP contribution >= 0.6 is 23.2 Å². The smallest absolute Gasteiger partial charge is 0.153 e. The van der Waals surface area contributed by atoms with E-state index in [9.17, 15) is 8.78 Å². The maximum Gasteiger partial charge on any atom is 0.153 e. The van der Waals surface area contributed by atoms with Crippen molar-refractivity contribution in [3.63, 3.8) is 0 Å². The summed E-state index contributed by atoms with van der Waals surface area (Å²) < 4.78 is 26.7. The number of imidazole rings is 1. The average molecular weight is 299 g/mol. The van der Waals surface area contributed by atoms with E-state index in [1.165, 1.54) is 6.07 Å². The standard InChI is InChI=1S/C13H6Cl2F2N2/c14-7-1-6(2-8(15)3-7)13-18-11-5-9(16)4-10(17)12(11)19-13/h1-5H,(H,18,19). The molecule has 6 heteroatoms. The minimum absolute atomic E-state index is 0.0764. The fourth-order valence-corrected chi connectivity index (χ4v) is 2.40. The predicted octanol–water partition coefficient (Wildman–Crippen LogP) is 4.81. The van der Waals surface area contributed by atoms with E-state index in [0.29, 0.717) is 21.4 Å². The molecule has 0 aliphatic carbocycles. The molecule has 0 unspecified atom stereocenters. The monoisotopic (exact) mass is 298 g/mol. The summed E-state index contributed by atoms with van der Waals surface area (Å²) in [6.45, 7) is 0. The number of halogens is 4. The van der Waals surface area contributed by atoms with Gasteiger partial charge in [0, 0.05) is 21.7 Å². The molecule has 0 spiro atoms. The normalized spacial score (nSPS) is 11.2. The molecule has 96 valence electrons. The Balaban J connectivity index is 2.23. The molecule has 2 aromatic carbocycles. The molecule has 0 aliphatic rings. The number of aromatic amines is 1. The average Bonchev–Trinajstić information content (AvgIpc) is 2.71. The summed E-state index contributed by atoms with van der Waals surface area (Å²) in [6, 6.07) is 6.83. The zero-order chi connectivity index (χ0) is 13.6. The maximum atomic E-state index is 13.6. The largest absolute Gasteiger partial charge is 0.338 e. The molecular formula is C13H6Cl2F2N2. The van der Waals surface area contributed by atoms with E-state index in [-0.39, 0.29) is 11.0 Å². The van der Waals surface area contributed by atoms with E-state index in [4.69, 9.17) is 23.2 Å². The first-order chi connectivity index (χ1) is 9.02. The van der Waals surface area contributed by atoms with Crippen molar-refractivity contribution in [2.75, 3.05) is 0 Å². The van der Waals surface area contributed by atoms with Crippen molar-refractivity contribution in [1.82, 2.24) is 9.97 Å². The molecule has 3 rings (SSSR count). The molecule has 1 heterocycles. The minimum Gasteiger partial charge on any atom is -0.338 e. The van der Waals surface area contributed by atoms with E-state index in [2.05, 4.69) is 9.97 Å². The van der Waals surface area contributed by atoms with Crippen LogP contribution in [0.15, 0.2) is 30.3 Å². The number of aromatic nitrogens is 2. The van der Waals surface area contributed by atoms with Gasteiger partial charge in [-0.2, -0.15) is 0 Å². The number of fused-ring (bicyclic) bond motifs is 1. The summed E-state index contributed by atoms with van der Waals surface area (Å²) in [7, 11) is 0. The fourth-order valence-electron chi connectivity index (χ4n) is 1.87. The maximum absolute atomic E-state index is 13.6. The van der Waals surface area contributed by atoms with Gasteiger partial charge in [0.15, 0.2) is 5.82 Å². The van der Waals surface area contributed by atoms with Crippen molar-refractivity contribution in [3.8, 4) is 11.4 Å². The van der Waals surface area contributed by atoms with Crippen LogP contribution in [0.4, 0.5) is 8.78 Å². The number of nitrogens with one attached hydrogen (secondary N) is 1. The van der Waals surface area contributed by atoms with Gasteiger partial charge in [-0.3, -0.25) is 0 Å². The zero-order valence-corrected chi connectivity index (χ0v) is 10.9. The Labute approximate surface area is 117 Å². The molecule has 0 amide bonds. The van der Waals surface area contributed by atoms with Crippen molar-refractivity contribution in [1.29, 1.82) is 0 Å². The van der Waals surface area contributed by atoms with Crippen LogP contribution in [0.25, 0.3) is 22.4 Å².